The maximum atomic E-state index is 14.1. The number of halogens is 1. The lowest BCUT2D eigenvalue weighted by atomic mass is 10.0. The van der Waals surface area contributed by atoms with Crippen molar-refractivity contribution in [2.45, 2.75) is 25.8 Å². The SMILES string of the molecule is C[C@H](N)c1c(F)cccc1N1CCc2ccccc2CC1. The maximum Gasteiger partial charge on any atom is 0.130 e. The molecule has 0 fully saturated rings. The van der Waals surface area contributed by atoms with Crippen molar-refractivity contribution in [3.8, 4) is 0 Å². The highest BCUT2D eigenvalue weighted by Crippen LogP contribution is 2.29. The van der Waals surface area contributed by atoms with E-state index >= 15 is 0 Å². The summed E-state index contributed by atoms with van der Waals surface area (Å²) in [5.74, 6) is -0.204. The van der Waals surface area contributed by atoms with Crippen LogP contribution in [0.5, 0.6) is 0 Å². The molecule has 0 saturated heterocycles. The molecule has 2 nitrogen and oxygen atoms in total. The normalized spacial score (nSPS) is 16.2. The van der Waals surface area contributed by atoms with Gasteiger partial charge in [0.05, 0.1) is 0 Å². The van der Waals surface area contributed by atoms with Gasteiger partial charge >= 0.3 is 0 Å². The van der Waals surface area contributed by atoms with Gasteiger partial charge in [0.2, 0.25) is 0 Å². The molecule has 2 N–H and O–H groups in total. The number of nitrogens with two attached hydrogens (primary N) is 1. The molecule has 0 saturated carbocycles. The van der Waals surface area contributed by atoms with Gasteiger partial charge in [-0.2, -0.15) is 0 Å². The molecular weight excluding hydrogens is 263 g/mol. The molecule has 1 aliphatic rings. The fourth-order valence-electron chi connectivity index (χ4n) is 3.16. The summed E-state index contributed by atoms with van der Waals surface area (Å²) in [6.45, 7) is 3.65. The Balaban J connectivity index is 1.92. The molecule has 0 spiro atoms. The van der Waals surface area contributed by atoms with Crippen LogP contribution in [0.4, 0.5) is 10.1 Å². The standard InChI is InChI=1S/C18H21FN2/c1-13(20)18-16(19)7-4-8-17(18)21-11-9-14-5-2-3-6-15(14)10-12-21/h2-8,13H,9-12,20H2,1H3/t13-/m0/s1. The summed E-state index contributed by atoms with van der Waals surface area (Å²) in [6.07, 6.45) is 1.98. The third-order valence-electron chi connectivity index (χ3n) is 4.25. The summed E-state index contributed by atoms with van der Waals surface area (Å²) in [5.41, 5.74) is 10.4. The Bertz CT molecular complexity index is 610. The first-order valence-electron chi connectivity index (χ1n) is 7.52. The maximum absolute atomic E-state index is 14.1. The molecule has 1 aliphatic heterocycles. The van der Waals surface area contributed by atoms with Gasteiger partial charge in [-0.05, 0) is 43.0 Å². The summed E-state index contributed by atoms with van der Waals surface area (Å²) in [7, 11) is 0. The van der Waals surface area contributed by atoms with Crippen molar-refractivity contribution in [3.05, 3.63) is 65.0 Å². The van der Waals surface area contributed by atoms with Crippen molar-refractivity contribution in [1.82, 2.24) is 0 Å². The summed E-state index contributed by atoms with van der Waals surface area (Å²) in [5, 5.41) is 0. The highest BCUT2D eigenvalue weighted by atomic mass is 19.1. The minimum atomic E-state index is -0.299. The van der Waals surface area contributed by atoms with Gasteiger partial charge in [0.1, 0.15) is 5.82 Å². The summed E-state index contributed by atoms with van der Waals surface area (Å²) in [6, 6.07) is 13.5. The van der Waals surface area contributed by atoms with Crippen molar-refractivity contribution in [3.63, 3.8) is 0 Å². The minimum absolute atomic E-state index is 0.204. The Morgan fingerprint density at radius 1 is 1.00 bits per heavy atom. The van der Waals surface area contributed by atoms with E-state index in [0.717, 1.165) is 31.6 Å². The van der Waals surface area contributed by atoms with Crippen molar-refractivity contribution in [2.75, 3.05) is 18.0 Å². The van der Waals surface area contributed by atoms with Crippen molar-refractivity contribution in [1.29, 1.82) is 0 Å². The number of benzene rings is 2. The van der Waals surface area contributed by atoms with Crippen molar-refractivity contribution < 1.29 is 4.39 Å². The van der Waals surface area contributed by atoms with Crippen LogP contribution in [0.3, 0.4) is 0 Å². The molecule has 2 aromatic rings. The number of nitrogens with zero attached hydrogens (tertiary/aromatic N) is 1. The summed E-state index contributed by atoms with van der Waals surface area (Å²) in [4.78, 5) is 2.27. The lowest BCUT2D eigenvalue weighted by Gasteiger charge is -2.27. The highest BCUT2D eigenvalue weighted by Gasteiger charge is 2.20. The molecule has 0 radical (unpaired) electrons. The molecule has 0 aliphatic carbocycles. The first-order chi connectivity index (χ1) is 10.2. The predicted molar refractivity (Wildman–Crippen MR) is 85.1 cm³/mol. The molecule has 110 valence electrons. The molecule has 3 heteroatoms. The number of fused-ring (bicyclic) bond motifs is 1. The second-order valence-electron chi connectivity index (χ2n) is 5.72. The van der Waals surface area contributed by atoms with Gasteiger partial charge in [0.25, 0.3) is 0 Å². The van der Waals surface area contributed by atoms with Gasteiger partial charge < -0.3 is 10.6 Å². The average molecular weight is 284 g/mol. The fraction of sp³-hybridized carbons (Fsp3) is 0.333. The number of hydrogen-bond acceptors (Lipinski definition) is 2. The van der Waals surface area contributed by atoms with E-state index in [1.165, 1.54) is 17.2 Å². The van der Waals surface area contributed by atoms with Gasteiger partial charge in [-0.1, -0.05) is 30.3 Å². The van der Waals surface area contributed by atoms with Crippen LogP contribution in [-0.4, -0.2) is 13.1 Å². The zero-order valence-corrected chi connectivity index (χ0v) is 12.3. The number of anilines is 1. The highest BCUT2D eigenvalue weighted by molar-refractivity contribution is 5.56. The Hall–Kier alpha value is -1.87. The Morgan fingerprint density at radius 2 is 1.62 bits per heavy atom. The van der Waals surface area contributed by atoms with Crippen molar-refractivity contribution >= 4 is 5.69 Å². The fourth-order valence-corrected chi connectivity index (χ4v) is 3.16. The van der Waals surface area contributed by atoms with Gasteiger partial charge in [-0.15, -0.1) is 0 Å². The van der Waals surface area contributed by atoms with Crippen LogP contribution in [-0.2, 0) is 12.8 Å². The molecular formula is C18H21FN2. The largest absolute Gasteiger partial charge is 0.371 e. The first kappa shape index (κ1) is 14.1. The molecule has 21 heavy (non-hydrogen) atoms. The topological polar surface area (TPSA) is 29.3 Å². The number of rotatable bonds is 2. The molecule has 0 unspecified atom stereocenters. The van der Waals surface area contributed by atoms with Crippen LogP contribution in [0.15, 0.2) is 42.5 Å². The third kappa shape index (κ3) is 2.79. The molecule has 0 bridgehead atoms. The van der Waals surface area contributed by atoms with E-state index in [2.05, 4.69) is 29.2 Å². The van der Waals surface area contributed by atoms with E-state index in [9.17, 15) is 4.39 Å². The van der Waals surface area contributed by atoms with E-state index < -0.39 is 0 Å². The lowest BCUT2D eigenvalue weighted by Crippen LogP contribution is -2.28. The summed E-state index contributed by atoms with van der Waals surface area (Å²) >= 11 is 0. The monoisotopic (exact) mass is 284 g/mol. The van der Waals surface area contributed by atoms with Crippen LogP contribution in [0.2, 0.25) is 0 Å². The van der Waals surface area contributed by atoms with Crippen molar-refractivity contribution in [2.24, 2.45) is 5.73 Å². The van der Waals surface area contributed by atoms with Crippen LogP contribution >= 0.6 is 0 Å². The zero-order valence-electron chi connectivity index (χ0n) is 12.3. The summed E-state index contributed by atoms with van der Waals surface area (Å²) < 4.78 is 14.1. The minimum Gasteiger partial charge on any atom is -0.371 e. The van der Waals surface area contributed by atoms with E-state index in [1.807, 2.05) is 13.0 Å². The van der Waals surface area contributed by atoms with Gasteiger partial charge in [-0.3, -0.25) is 0 Å². The van der Waals surface area contributed by atoms with Crippen LogP contribution in [0, 0.1) is 5.82 Å². The number of hydrogen-bond donors (Lipinski definition) is 1. The predicted octanol–water partition coefficient (Wildman–Crippen LogP) is 3.45. The second-order valence-corrected chi connectivity index (χ2v) is 5.72. The zero-order chi connectivity index (χ0) is 14.8. The molecule has 3 rings (SSSR count). The van der Waals surface area contributed by atoms with E-state index in [1.54, 1.807) is 6.07 Å². The van der Waals surface area contributed by atoms with Crippen LogP contribution in [0.1, 0.15) is 29.7 Å². The van der Waals surface area contributed by atoms with E-state index in [-0.39, 0.29) is 11.9 Å². The first-order valence-corrected chi connectivity index (χ1v) is 7.52. The van der Waals surface area contributed by atoms with Gasteiger partial charge in [0.15, 0.2) is 0 Å². The van der Waals surface area contributed by atoms with Crippen LogP contribution < -0.4 is 10.6 Å². The quantitative estimate of drug-likeness (QED) is 0.915. The van der Waals surface area contributed by atoms with Gasteiger partial charge in [-0.25, -0.2) is 4.39 Å². The lowest BCUT2D eigenvalue weighted by molar-refractivity contribution is 0.591. The third-order valence-corrected chi connectivity index (χ3v) is 4.25. The second kappa shape index (κ2) is 5.86. The van der Waals surface area contributed by atoms with Gasteiger partial charge in [0, 0.05) is 30.4 Å². The van der Waals surface area contributed by atoms with E-state index in [4.69, 9.17) is 5.73 Å². The molecule has 1 atom stereocenters. The molecule has 1 heterocycles. The molecule has 0 aromatic heterocycles. The van der Waals surface area contributed by atoms with E-state index in [0.29, 0.717) is 5.56 Å². The smallest absolute Gasteiger partial charge is 0.130 e. The molecule has 2 aromatic carbocycles. The Kier molecular flexibility index (Phi) is 3.93. The Morgan fingerprint density at radius 3 is 2.19 bits per heavy atom. The Labute approximate surface area is 125 Å². The average Bonchev–Trinajstić information content (AvgIpc) is 2.69. The van der Waals surface area contributed by atoms with Crippen LogP contribution in [0.25, 0.3) is 0 Å². The molecule has 0 amide bonds.